The molecule has 2 N–H and O–H groups in total. The van der Waals surface area contributed by atoms with Crippen molar-refractivity contribution in [3.05, 3.63) is 52.3 Å². The first-order valence-electron chi connectivity index (χ1n) is 5.67. The van der Waals surface area contributed by atoms with Gasteiger partial charge in [-0.25, -0.2) is 0 Å². The molecule has 0 bridgehead atoms. The number of ether oxygens (including phenoxy) is 1. The maximum absolute atomic E-state index is 5.96. The van der Waals surface area contributed by atoms with Gasteiger partial charge in [-0.2, -0.15) is 0 Å². The van der Waals surface area contributed by atoms with Crippen molar-refractivity contribution in [3.63, 3.8) is 0 Å². The summed E-state index contributed by atoms with van der Waals surface area (Å²) in [7, 11) is 0. The number of nitrogens with two attached hydrogens (primary N) is 1. The van der Waals surface area contributed by atoms with Gasteiger partial charge in [0.15, 0.2) is 0 Å². The van der Waals surface area contributed by atoms with Gasteiger partial charge in [-0.1, -0.05) is 17.7 Å². The number of anilines is 1. The smallest absolute Gasteiger partial charge is 0.131 e. The largest absolute Gasteiger partial charge is 0.487 e. The van der Waals surface area contributed by atoms with Crippen molar-refractivity contribution in [1.29, 1.82) is 0 Å². The second kappa shape index (κ2) is 5.27. The Morgan fingerprint density at radius 3 is 2.83 bits per heavy atom. The van der Waals surface area contributed by atoms with Crippen LogP contribution in [-0.4, -0.2) is 4.98 Å². The molecule has 1 aromatic carbocycles. The summed E-state index contributed by atoms with van der Waals surface area (Å²) >= 11 is 5.89. The summed E-state index contributed by atoms with van der Waals surface area (Å²) in [4.78, 5) is 4.34. The van der Waals surface area contributed by atoms with Crippen molar-refractivity contribution in [1.82, 2.24) is 4.98 Å². The maximum atomic E-state index is 5.96. The minimum absolute atomic E-state index is 0.386. The monoisotopic (exact) mass is 262 g/mol. The molecule has 0 spiro atoms. The number of nitrogen functional groups attached to an aromatic ring is 1. The average Bonchev–Trinajstić information content (AvgIpc) is 2.35. The van der Waals surface area contributed by atoms with Crippen molar-refractivity contribution in [2.45, 2.75) is 20.5 Å². The molecule has 2 rings (SSSR count). The van der Waals surface area contributed by atoms with E-state index in [1.807, 2.05) is 32.0 Å². The highest BCUT2D eigenvalue weighted by molar-refractivity contribution is 6.30. The molecule has 0 saturated carbocycles. The molecule has 0 saturated heterocycles. The third-order valence-electron chi connectivity index (χ3n) is 2.85. The molecule has 3 nitrogen and oxygen atoms in total. The SMILES string of the molecule is Cc1cnc(COc2cccc(Cl)c2)c(C)c1N. The lowest BCUT2D eigenvalue weighted by Gasteiger charge is -2.11. The molecule has 0 fully saturated rings. The number of hydrogen-bond acceptors (Lipinski definition) is 3. The summed E-state index contributed by atoms with van der Waals surface area (Å²) in [5, 5.41) is 0.653. The quantitative estimate of drug-likeness (QED) is 0.921. The molecule has 1 heterocycles. The van der Waals surface area contributed by atoms with Gasteiger partial charge in [0.05, 0.1) is 5.69 Å². The van der Waals surface area contributed by atoms with Gasteiger partial charge in [0.1, 0.15) is 12.4 Å². The van der Waals surface area contributed by atoms with Gasteiger partial charge in [0, 0.05) is 16.9 Å². The van der Waals surface area contributed by atoms with Crippen LogP contribution in [0.3, 0.4) is 0 Å². The predicted molar refractivity (Wildman–Crippen MR) is 73.9 cm³/mol. The van der Waals surface area contributed by atoms with Gasteiger partial charge in [-0.15, -0.1) is 0 Å². The highest BCUT2D eigenvalue weighted by Crippen LogP contribution is 2.21. The Kier molecular flexibility index (Phi) is 3.72. The number of halogens is 1. The fraction of sp³-hybridized carbons (Fsp3) is 0.214. The Morgan fingerprint density at radius 2 is 2.11 bits per heavy atom. The van der Waals surface area contributed by atoms with E-state index < -0.39 is 0 Å². The molecule has 0 aliphatic carbocycles. The summed E-state index contributed by atoms with van der Waals surface area (Å²) in [6, 6.07) is 7.29. The molecule has 1 aromatic heterocycles. The van der Waals surface area contributed by atoms with Gasteiger partial charge in [-0.3, -0.25) is 4.98 Å². The predicted octanol–water partition coefficient (Wildman–Crippen LogP) is 3.51. The second-order valence-electron chi connectivity index (χ2n) is 4.17. The van der Waals surface area contributed by atoms with Crippen molar-refractivity contribution in [3.8, 4) is 5.75 Å². The molecule has 18 heavy (non-hydrogen) atoms. The van der Waals surface area contributed by atoms with Crippen LogP contribution in [0.1, 0.15) is 16.8 Å². The molecule has 0 unspecified atom stereocenters. The zero-order valence-corrected chi connectivity index (χ0v) is 11.2. The Hall–Kier alpha value is -1.74. The summed E-state index contributed by atoms with van der Waals surface area (Å²) in [6.45, 7) is 4.28. The van der Waals surface area contributed by atoms with E-state index in [1.165, 1.54) is 0 Å². The van der Waals surface area contributed by atoms with Crippen molar-refractivity contribution >= 4 is 17.3 Å². The fourth-order valence-electron chi connectivity index (χ4n) is 1.65. The summed E-state index contributed by atoms with van der Waals surface area (Å²) < 4.78 is 5.65. The minimum Gasteiger partial charge on any atom is -0.487 e. The Balaban J connectivity index is 2.14. The Morgan fingerprint density at radius 1 is 1.33 bits per heavy atom. The maximum Gasteiger partial charge on any atom is 0.131 e. The van der Waals surface area contributed by atoms with Crippen molar-refractivity contribution < 1.29 is 4.74 Å². The topological polar surface area (TPSA) is 48.1 Å². The van der Waals surface area contributed by atoms with Crippen molar-refractivity contribution in [2.24, 2.45) is 0 Å². The summed E-state index contributed by atoms with van der Waals surface area (Å²) in [5.74, 6) is 0.725. The lowest BCUT2D eigenvalue weighted by molar-refractivity contribution is 0.300. The first-order chi connectivity index (χ1) is 8.58. The van der Waals surface area contributed by atoms with Crippen molar-refractivity contribution in [2.75, 3.05) is 5.73 Å². The number of aromatic nitrogens is 1. The highest BCUT2D eigenvalue weighted by atomic mass is 35.5. The van der Waals surface area contributed by atoms with Crippen LogP contribution in [0.5, 0.6) is 5.75 Å². The van der Waals surface area contributed by atoms with Crippen LogP contribution in [0.15, 0.2) is 30.5 Å². The third-order valence-corrected chi connectivity index (χ3v) is 3.08. The second-order valence-corrected chi connectivity index (χ2v) is 4.61. The number of hydrogen-bond donors (Lipinski definition) is 1. The summed E-state index contributed by atoms with van der Waals surface area (Å²) in [5.41, 5.74) is 9.53. The normalized spacial score (nSPS) is 10.4. The van der Waals surface area contributed by atoms with Gasteiger partial charge < -0.3 is 10.5 Å². The van der Waals surface area contributed by atoms with Crippen LogP contribution in [0, 0.1) is 13.8 Å². The lowest BCUT2D eigenvalue weighted by Crippen LogP contribution is -2.05. The van der Waals surface area contributed by atoms with Crippen LogP contribution in [0.25, 0.3) is 0 Å². The fourth-order valence-corrected chi connectivity index (χ4v) is 1.83. The van der Waals surface area contributed by atoms with E-state index in [0.717, 1.165) is 28.3 Å². The van der Waals surface area contributed by atoms with E-state index in [4.69, 9.17) is 22.1 Å². The lowest BCUT2D eigenvalue weighted by atomic mass is 10.1. The molecule has 0 atom stereocenters. The third kappa shape index (κ3) is 2.74. The molecule has 4 heteroatoms. The minimum atomic E-state index is 0.386. The van der Waals surface area contributed by atoms with E-state index in [0.29, 0.717) is 11.6 Å². The Bertz CT molecular complexity index is 570. The van der Waals surface area contributed by atoms with Crippen LogP contribution >= 0.6 is 11.6 Å². The zero-order valence-electron chi connectivity index (χ0n) is 10.4. The van der Waals surface area contributed by atoms with Gasteiger partial charge >= 0.3 is 0 Å². The van der Waals surface area contributed by atoms with Crippen LogP contribution in [0.2, 0.25) is 5.02 Å². The zero-order chi connectivity index (χ0) is 13.1. The number of rotatable bonds is 3. The molecule has 0 aliphatic heterocycles. The van der Waals surface area contributed by atoms with E-state index >= 15 is 0 Å². The molecule has 0 radical (unpaired) electrons. The summed E-state index contributed by atoms with van der Waals surface area (Å²) in [6.07, 6.45) is 1.76. The number of pyridine rings is 1. The highest BCUT2D eigenvalue weighted by Gasteiger charge is 2.06. The van der Waals surface area contributed by atoms with E-state index in [-0.39, 0.29) is 0 Å². The number of nitrogens with zero attached hydrogens (tertiary/aromatic N) is 1. The Labute approximate surface area is 112 Å². The van der Waals surface area contributed by atoms with Crippen LogP contribution in [0.4, 0.5) is 5.69 Å². The van der Waals surface area contributed by atoms with Crippen LogP contribution < -0.4 is 10.5 Å². The first-order valence-corrected chi connectivity index (χ1v) is 6.04. The molecular formula is C14H15ClN2O. The van der Waals surface area contributed by atoms with Gasteiger partial charge in [-0.05, 0) is 43.2 Å². The van der Waals surface area contributed by atoms with E-state index in [9.17, 15) is 0 Å². The van der Waals surface area contributed by atoms with Gasteiger partial charge in [0.2, 0.25) is 0 Å². The molecule has 0 aliphatic rings. The van der Waals surface area contributed by atoms with Crippen LogP contribution in [-0.2, 0) is 6.61 Å². The van der Waals surface area contributed by atoms with Gasteiger partial charge in [0.25, 0.3) is 0 Å². The van der Waals surface area contributed by atoms with E-state index in [2.05, 4.69) is 4.98 Å². The molecule has 0 amide bonds. The molecule has 2 aromatic rings. The number of aryl methyl sites for hydroxylation is 1. The van der Waals surface area contributed by atoms with E-state index in [1.54, 1.807) is 12.3 Å². The first kappa shape index (κ1) is 12.7. The standard InChI is InChI=1S/C14H15ClN2O/c1-9-7-17-13(10(2)14(9)16)8-18-12-5-3-4-11(15)6-12/h3-7H,8H2,1-2H3,(H2,16,17). The number of benzene rings is 1. The molecular weight excluding hydrogens is 248 g/mol. The molecule has 94 valence electrons. The average molecular weight is 263 g/mol.